The Balaban J connectivity index is 1.72. The van der Waals surface area contributed by atoms with Gasteiger partial charge in [-0.25, -0.2) is 4.39 Å². The molecule has 25 heavy (non-hydrogen) atoms. The topological polar surface area (TPSA) is 56.1 Å². The van der Waals surface area contributed by atoms with Gasteiger partial charge in [-0.05, 0) is 36.1 Å². The van der Waals surface area contributed by atoms with Crippen LogP contribution in [0, 0.1) is 5.82 Å². The highest BCUT2D eigenvalue weighted by molar-refractivity contribution is 7.09. The minimum Gasteiger partial charge on any atom is -0.497 e. The maximum absolute atomic E-state index is 14.2. The lowest BCUT2D eigenvalue weighted by atomic mass is 10.1. The molecule has 0 saturated carbocycles. The van der Waals surface area contributed by atoms with Crippen molar-refractivity contribution >= 4 is 17.2 Å². The van der Waals surface area contributed by atoms with Crippen LogP contribution in [0.25, 0.3) is 11.3 Å². The second-order valence-corrected chi connectivity index (χ2v) is 6.50. The van der Waals surface area contributed by atoms with Crippen molar-refractivity contribution in [3.8, 4) is 17.0 Å². The molecular weight excluding hydrogens is 341 g/mol. The summed E-state index contributed by atoms with van der Waals surface area (Å²) in [6.07, 6.45) is 0.779. The summed E-state index contributed by atoms with van der Waals surface area (Å²) in [5.74, 6) is -0.238. The van der Waals surface area contributed by atoms with Gasteiger partial charge in [0.25, 0.3) is 5.91 Å². The highest BCUT2D eigenvalue weighted by atomic mass is 32.1. The monoisotopic (exact) mass is 359 g/mol. The second kappa shape index (κ2) is 7.48. The van der Waals surface area contributed by atoms with Crippen LogP contribution in [0.3, 0.4) is 0 Å². The molecule has 3 rings (SSSR count). The van der Waals surface area contributed by atoms with Crippen LogP contribution in [0.4, 0.5) is 4.39 Å². The fraction of sp³-hybridized carbons (Fsp3) is 0.222. The van der Waals surface area contributed by atoms with Crippen molar-refractivity contribution in [3.63, 3.8) is 0 Å². The van der Waals surface area contributed by atoms with Gasteiger partial charge in [0.15, 0.2) is 0 Å². The lowest BCUT2D eigenvalue weighted by molar-refractivity contribution is 0.0945. The molecule has 0 fully saturated rings. The molecule has 0 aliphatic carbocycles. The Kier molecular flexibility index (Phi) is 5.14. The third kappa shape index (κ3) is 3.88. The number of amides is 1. The van der Waals surface area contributed by atoms with Crippen LogP contribution in [0.5, 0.6) is 5.75 Å². The quantitative estimate of drug-likeness (QED) is 0.735. The third-order valence-electron chi connectivity index (χ3n) is 3.80. The number of aromatic nitrogens is 2. The Morgan fingerprint density at radius 1 is 1.36 bits per heavy atom. The summed E-state index contributed by atoms with van der Waals surface area (Å²) < 4.78 is 20.7. The molecular formula is C18H18FN3O2S. The zero-order valence-corrected chi connectivity index (χ0v) is 14.8. The van der Waals surface area contributed by atoms with Gasteiger partial charge in [0.2, 0.25) is 0 Å². The largest absolute Gasteiger partial charge is 0.497 e. The number of nitrogens with one attached hydrogen (secondary N) is 1. The van der Waals surface area contributed by atoms with Crippen LogP contribution in [0.15, 0.2) is 41.8 Å². The number of nitrogens with zero attached hydrogens (tertiary/aromatic N) is 2. The highest BCUT2D eigenvalue weighted by Gasteiger charge is 2.16. The maximum atomic E-state index is 14.2. The van der Waals surface area contributed by atoms with E-state index >= 15 is 0 Å². The summed E-state index contributed by atoms with van der Waals surface area (Å²) in [6.45, 7) is 0.538. The van der Waals surface area contributed by atoms with Crippen molar-refractivity contribution in [2.75, 3.05) is 13.7 Å². The second-order valence-electron chi connectivity index (χ2n) is 5.47. The molecule has 130 valence electrons. The molecule has 0 saturated heterocycles. The Bertz CT molecular complexity index is 875. The number of methoxy groups -OCH3 is 1. The summed E-state index contributed by atoms with van der Waals surface area (Å²) >= 11 is 1.66. The van der Waals surface area contributed by atoms with E-state index in [1.165, 1.54) is 22.7 Å². The SMILES string of the molecule is COc1ccc(-c2cc(C(=O)NCCc3cccs3)n(C)n2)c(F)c1. The minimum atomic E-state index is -0.442. The molecule has 1 N–H and O–H groups in total. The number of halogens is 1. The molecule has 2 aromatic heterocycles. The van der Waals surface area contributed by atoms with Gasteiger partial charge in [-0.2, -0.15) is 5.10 Å². The van der Waals surface area contributed by atoms with Gasteiger partial charge in [0, 0.05) is 30.1 Å². The average Bonchev–Trinajstić information content (AvgIpc) is 3.24. The van der Waals surface area contributed by atoms with Crippen molar-refractivity contribution in [2.45, 2.75) is 6.42 Å². The van der Waals surface area contributed by atoms with Crippen molar-refractivity contribution in [1.82, 2.24) is 15.1 Å². The third-order valence-corrected chi connectivity index (χ3v) is 4.74. The first-order valence-electron chi connectivity index (χ1n) is 7.77. The summed E-state index contributed by atoms with van der Waals surface area (Å²) in [6, 6.07) is 10.2. The van der Waals surface area contributed by atoms with Gasteiger partial charge in [-0.3, -0.25) is 9.48 Å². The van der Waals surface area contributed by atoms with Crippen molar-refractivity contribution in [3.05, 3.63) is 58.2 Å². The predicted molar refractivity (Wildman–Crippen MR) is 95.5 cm³/mol. The number of hydrogen-bond donors (Lipinski definition) is 1. The number of carbonyl (C=O) groups is 1. The molecule has 7 heteroatoms. The molecule has 5 nitrogen and oxygen atoms in total. The molecule has 0 aliphatic heterocycles. The Morgan fingerprint density at radius 3 is 2.88 bits per heavy atom. The average molecular weight is 359 g/mol. The predicted octanol–water partition coefficient (Wildman–Crippen LogP) is 3.27. The number of carbonyl (C=O) groups excluding carboxylic acids is 1. The summed E-state index contributed by atoms with van der Waals surface area (Å²) in [7, 11) is 3.15. The lowest BCUT2D eigenvalue weighted by Crippen LogP contribution is -2.27. The molecule has 0 radical (unpaired) electrons. The van der Waals surface area contributed by atoms with Gasteiger partial charge in [0.05, 0.1) is 12.8 Å². The van der Waals surface area contributed by atoms with Gasteiger partial charge >= 0.3 is 0 Å². The molecule has 0 aliphatic rings. The van der Waals surface area contributed by atoms with E-state index in [0.29, 0.717) is 29.2 Å². The number of hydrogen-bond acceptors (Lipinski definition) is 4. The van der Waals surface area contributed by atoms with Crippen LogP contribution < -0.4 is 10.1 Å². The normalized spacial score (nSPS) is 10.7. The first-order chi connectivity index (χ1) is 12.1. The summed E-state index contributed by atoms with van der Waals surface area (Å²) in [5, 5.41) is 9.13. The van der Waals surface area contributed by atoms with Gasteiger partial charge in [-0.15, -0.1) is 11.3 Å². The van der Waals surface area contributed by atoms with E-state index in [9.17, 15) is 9.18 Å². The Morgan fingerprint density at radius 2 is 2.20 bits per heavy atom. The minimum absolute atomic E-state index is 0.230. The molecule has 0 unspecified atom stereocenters. The Hall–Kier alpha value is -2.67. The fourth-order valence-corrected chi connectivity index (χ4v) is 3.20. The number of rotatable bonds is 6. The van der Waals surface area contributed by atoms with E-state index < -0.39 is 5.82 Å². The molecule has 0 atom stereocenters. The standard InChI is InChI=1S/C18H18FN3O2S/c1-22-17(18(23)20-8-7-13-4-3-9-25-13)11-16(21-22)14-6-5-12(24-2)10-15(14)19/h3-6,9-11H,7-8H2,1-2H3,(H,20,23). The van der Waals surface area contributed by atoms with Crippen LogP contribution >= 0.6 is 11.3 Å². The molecule has 1 amide bonds. The molecule has 3 aromatic rings. The van der Waals surface area contributed by atoms with Crippen LogP contribution in [-0.2, 0) is 13.5 Å². The zero-order valence-electron chi connectivity index (χ0n) is 14.0. The van der Waals surface area contributed by atoms with Crippen LogP contribution in [0.2, 0.25) is 0 Å². The number of aryl methyl sites for hydroxylation is 1. The van der Waals surface area contributed by atoms with E-state index in [-0.39, 0.29) is 5.91 Å². The first-order valence-corrected chi connectivity index (χ1v) is 8.65. The lowest BCUT2D eigenvalue weighted by Gasteiger charge is -2.03. The Labute approximate surface area is 149 Å². The van der Waals surface area contributed by atoms with Crippen LogP contribution in [0.1, 0.15) is 15.4 Å². The van der Waals surface area contributed by atoms with Crippen molar-refractivity contribution in [1.29, 1.82) is 0 Å². The van der Waals surface area contributed by atoms with E-state index in [1.807, 2.05) is 17.5 Å². The molecule has 0 spiro atoms. The van der Waals surface area contributed by atoms with E-state index in [1.54, 1.807) is 36.6 Å². The first kappa shape index (κ1) is 17.2. The summed E-state index contributed by atoms with van der Waals surface area (Å²) in [5.41, 5.74) is 1.12. The van der Waals surface area contributed by atoms with Crippen molar-refractivity contribution in [2.24, 2.45) is 7.05 Å². The maximum Gasteiger partial charge on any atom is 0.269 e. The van der Waals surface area contributed by atoms with Crippen molar-refractivity contribution < 1.29 is 13.9 Å². The number of benzene rings is 1. The smallest absolute Gasteiger partial charge is 0.269 e. The number of thiophene rings is 1. The number of ether oxygens (including phenoxy) is 1. The van der Waals surface area contributed by atoms with Crippen LogP contribution in [-0.4, -0.2) is 29.3 Å². The van der Waals surface area contributed by atoms with Gasteiger partial charge in [-0.1, -0.05) is 6.07 Å². The highest BCUT2D eigenvalue weighted by Crippen LogP contribution is 2.25. The molecule has 0 bridgehead atoms. The fourth-order valence-electron chi connectivity index (χ4n) is 2.49. The van der Waals surface area contributed by atoms with Gasteiger partial charge in [0.1, 0.15) is 17.3 Å². The van der Waals surface area contributed by atoms with E-state index in [0.717, 1.165) is 6.42 Å². The molecule has 2 heterocycles. The zero-order chi connectivity index (χ0) is 17.8. The molecule has 1 aromatic carbocycles. The van der Waals surface area contributed by atoms with Gasteiger partial charge < -0.3 is 10.1 Å². The summed E-state index contributed by atoms with van der Waals surface area (Å²) in [4.78, 5) is 13.6. The van der Waals surface area contributed by atoms with E-state index in [2.05, 4.69) is 10.4 Å². The van der Waals surface area contributed by atoms with E-state index in [4.69, 9.17) is 4.74 Å².